The summed E-state index contributed by atoms with van der Waals surface area (Å²) >= 11 is 0. The highest BCUT2D eigenvalue weighted by Crippen LogP contribution is 2.11. The van der Waals surface area contributed by atoms with E-state index in [1.54, 1.807) is 0 Å². The van der Waals surface area contributed by atoms with Gasteiger partial charge in [0.1, 0.15) is 0 Å². The summed E-state index contributed by atoms with van der Waals surface area (Å²) < 4.78 is 0. The van der Waals surface area contributed by atoms with Crippen LogP contribution < -0.4 is 0 Å². The topological polar surface area (TPSA) is 0 Å². The van der Waals surface area contributed by atoms with Crippen LogP contribution in [0.4, 0.5) is 0 Å². The molecule has 0 fully saturated rings. The van der Waals surface area contributed by atoms with Gasteiger partial charge < -0.3 is 0 Å². The summed E-state index contributed by atoms with van der Waals surface area (Å²) in [6.45, 7) is 2.22. The Balaban J connectivity index is 2.45. The van der Waals surface area contributed by atoms with E-state index < -0.39 is 0 Å². The van der Waals surface area contributed by atoms with E-state index >= 15 is 0 Å². The van der Waals surface area contributed by atoms with Gasteiger partial charge >= 0.3 is 0 Å². The third kappa shape index (κ3) is 5.46. The summed E-state index contributed by atoms with van der Waals surface area (Å²) in [7, 11) is 0. The van der Waals surface area contributed by atoms with Gasteiger partial charge in [-0.1, -0.05) is 48.8 Å². The van der Waals surface area contributed by atoms with E-state index in [0.29, 0.717) is 0 Å². The smallest absolute Gasteiger partial charge is 0.0320 e. The zero-order valence-corrected chi connectivity index (χ0v) is 8.63. The minimum absolute atomic E-state index is 1.24. The van der Waals surface area contributed by atoms with Crippen molar-refractivity contribution in [3.8, 4) is 0 Å². The molecule has 0 saturated heterocycles. The number of rotatable bonds is 0. The largest absolute Gasteiger partial charge is 0.0845 e. The lowest BCUT2D eigenvalue weighted by Crippen LogP contribution is -1.81. The monoisotopic (exact) mass is 176 g/mol. The van der Waals surface area contributed by atoms with Gasteiger partial charge in [0.2, 0.25) is 0 Å². The first-order valence-electron chi connectivity index (χ1n) is 5.38. The van der Waals surface area contributed by atoms with Crippen LogP contribution in [-0.2, 0) is 0 Å². The molecule has 72 valence electrons. The number of allylic oxidation sites excluding steroid dienone is 6. The van der Waals surface area contributed by atoms with Crippen LogP contribution in [0.5, 0.6) is 0 Å². The van der Waals surface area contributed by atoms with Gasteiger partial charge in [-0.15, -0.1) is 0 Å². The minimum atomic E-state index is 1.24. The van der Waals surface area contributed by atoms with Gasteiger partial charge in [0, 0.05) is 0 Å². The molecule has 0 nitrogen and oxygen atoms in total. The molecule has 1 rings (SSSR count). The molecule has 0 heteroatoms. The number of hydrogen-bond donors (Lipinski definition) is 0. The third-order valence-electron chi connectivity index (χ3n) is 2.43. The minimum Gasteiger partial charge on any atom is -0.0845 e. The SMILES string of the molecule is CC1=CC=CC=CCCCCCC1. The molecule has 1 aliphatic carbocycles. The predicted octanol–water partition coefficient (Wildman–Crippen LogP) is 4.40. The van der Waals surface area contributed by atoms with E-state index in [9.17, 15) is 0 Å². The molecule has 0 aromatic carbocycles. The van der Waals surface area contributed by atoms with E-state index in [1.807, 2.05) is 0 Å². The zero-order chi connectivity index (χ0) is 9.36. The highest BCUT2D eigenvalue weighted by atomic mass is 14.0. The maximum atomic E-state index is 2.27. The van der Waals surface area contributed by atoms with E-state index in [4.69, 9.17) is 0 Å². The van der Waals surface area contributed by atoms with Gasteiger partial charge in [0.15, 0.2) is 0 Å². The molecule has 0 aliphatic heterocycles. The van der Waals surface area contributed by atoms with Gasteiger partial charge in [-0.3, -0.25) is 0 Å². The molecule has 0 saturated carbocycles. The molecule has 0 aromatic rings. The van der Waals surface area contributed by atoms with E-state index in [-0.39, 0.29) is 0 Å². The molecule has 13 heavy (non-hydrogen) atoms. The van der Waals surface area contributed by atoms with Gasteiger partial charge in [0.05, 0.1) is 0 Å². The van der Waals surface area contributed by atoms with Crippen LogP contribution in [0.2, 0.25) is 0 Å². The van der Waals surface area contributed by atoms with Crippen molar-refractivity contribution in [2.75, 3.05) is 0 Å². The van der Waals surface area contributed by atoms with Crippen LogP contribution in [0, 0.1) is 0 Å². The van der Waals surface area contributed by atoms with Crippen LogP contribution in [0.15, 0.2) is 36.0 Å². The Bertz CT molecular complexity index is 206. The van der Waals surface area contributed by atoms with Crippen molar-refractivity contribution >= 4 is 0 Å². The standard InChI is InChI=1S/C13H20/c1-13-11-9-7-5-3-2-4-6-8-10-12-13/h3,5,7,9,11H,2,4,6,8,10,12H2,1H3. The zero-order valence-electron chi connectivity index (χ0n) is 8.63. The molecule has 0 atom stereocenters. The van der Waals surface area contributed by atoms with Crippen LogP contribution >= 0.6 is 0 Å². The molecule has 0 heterocycles. The third-order valence-corrected chi connectivity index (χ3v) is 2.43. The first-order valence-corrected chi connectivity index (χ1v) is 5.38. The lowest BCUT2D eigenvalue weighted by atomic mass is 10.1. The molecule has 0 bridgehead atoms. The molecule has 0 aromatic heterocycles. The summed E-state index contributed by atoms with van der Waals surface area (Å²) in [5.41, 5.74) is 1.50. The van der Waals surface area contributed by atoms with Crippen molar-refractivity contribution in [3.05, 3.63) is 36.0 Å². The Kier molecular flexibility index (Phi) is 5.31. The summed E-state index contributed by atoms with van der Waals surface area (Å²) in [6.07, 6.45) is 18.9. The lowest BCUT2D eigenvalue weighted by molar-refractivity contribution is 0.644. The van der Waals surface area contributed by atoms with Crippen LogP contribution in [0.1, 0.15) is 45.4 Å². The molecular weight excluding hydrogens is 156 g/mol. The molecule has 0 amide bonds. The van der Waals surface area contributed by atoms with Gasteiger partial charge in [0.25, 0.3) is 0 Å². The molecule has 0 spiro atoms. The van der Waals surface area contributed by atoms with Crippen molar-refractivity contribution in [1.29, 1.82) is 0 Å². The maximum Gasteiger partial charge on any atom is -0.0320 e. The predicted molar refractivity (Wildman–Crippen MR) is 59.7 cm³/mol. The molecular formula is C13H20. The molecule has 1 aliphatic rings. The maximum absolute atomic E-state index is 2.27. The van der Waals surface area contributed by atoms with Crippen molar-refractivity contribution in [3.63, 3.8) is 0 Å². The Labute approximate surface area is 82.0 Å². The average molecular weight is 176 g/mol. The van der Waals surface area contributed by atoms with Crippen molar-refractivity contribution < 1.29 is 0 Å². The summed E-state index contributed by atoms with van der Waals surface area (Å²) in [5, 5.41) is 0. The van der Waals surface area contributed by atoms with Crippen molar-refractivity contribution in [2.24, 2.45) is 0 Å². The van der Waals surface area contributed by atoms with Crippen molar-refractivity contribution in [2.45, 2.75) is 45.4 Å². The second kappa shape index (κ2) is 6.71. The summed E-state index contributed by atoms with van der Waals surface area (Å²) in [6, 6.07) is 0. The first kappa shape index (κ1) is 10.3. The quantitative estimate of drug-likeness (QED) is 0.513. The highest BCUT2D eigenvalue weighted by molar-refractivity contribution is 5.15. The molecule has 0 N–H and O–H groups in total. The Morgan fingerprint density at radius 3 is 2.69 bits per heavy atom. The molecule has 0 radical (unpaired) electrons. The van der Waals surface area contributed by atoms with Gasteiger partial charge in [-0.2, -0.15) is 0 Å². The van der Waals surface area contributed by atoms with Gasteiger partial charge in [-0.05, 0) is 32.6 Å². The summed E-state index contributed by atoms with van der Waals surface area (Å²) in [5.74, 6) is 0. The van der Waals surface area contributed by atoms with Crippen LogP contribution in [-0.4, -0.2) is 0 Å². The second-order valence-corrected chi connectivity index (χ2v) is 3.78. The fraction of sp³-hybridized carbons (Fsp3) is 0.538. The van der Waals surface area contributed by atoms with E-state index in [0.717, 1.165) is 0 Å². The summed E-state index contributed by atoms with van der Waals surface area (Å²) in [4.78, 5) is 0. The van der Waals surface area contributed by atoms with Crippen LogP contribution in [0.25, 0.3) is 0 Å². The Morgan fingerprint density at radius 2 is 1.77 bits per heavy atom. The van der Waals surface area contributed by atoms with Gasteiger partial charge in [-0.25, -0.2) is 0 Å². The van der Waals surface area contributed by atoms with E-state index in [2.05, 4.69) is 37.3 Å². The first-order chi connectivity index (χ1) is 6.39. The van der Waals surface area contributed by atoms with Crippen molar-refractivity contribution in [1.82, 2.24) is 0 Å². The van der Waals surface area contributed by atoms with E-state index in [1.165, 1.54) is 44.1 Å². The number of hydrogen-bond acceptors (Lipinski definition) is 0. The fourth-order valence-electron chi connectivity index (χ4n) is 1.56. The Hall–Kier alpha value is -0.780. The highest BCUT2D eigenvalue weighted by Gasteiger charge is 1.91. The fourth-order valence-corrected chi connectivity index (χ4v) is 1.56. The Morgan fingerprint density at radius 1 is 0.923 bits per heavy atom. The second-order valence-electron chi connectivity index (χ2n) is 3.78. The normalized spacial score (nSPS) is 20.2. The lowest BCUT2D eigenvalue weighted by Gasteiger charge is -2.01. The molecule has 0 unspecified atom stereocenters. The average Bonchev–Trinajstić information content (AvgIpc) is 2.11. The van der Waals surface area contributed by atoms with Crippen LogP contribution in [0.3, 0.4) is 0 Å².